The van der Waals surface area contributed by atoms with Gasteiger partial charge in [0.1, 0.15) is 11.6 Å². The molecule has 0 saturated heterocycles. The first kappa shape index (κ1) is 33.3. The van der Waals surface area contributed by atoms with Crippen LogP contribution in [0.1, 0.15) is 5.56 Å². The third-order valence-corrected chi connectivity index (χ3v) is 11.2. The lowest BCUT2D eigenvalue weighted by atomic mass is 9.98. The molecule has 11 aromatic rings. The van der Waals surface area contributed by atoms with Crippen LogP contribution in [0.2, 0.25) is 0 Å². The SMILES string of the molecule is N#Cc1c(-c2ccccc2)nc(-c2cc(-c3ccccc3)cc(-n3c4ccccc4c4cc(-n5c6ccccc6c6ccccc65)ccc43)c2)nc1-c1ccccc1. The van der Waals surface area contributed by atoms with Crippen LogP contribution < -0.4 is 0 Å². The summed E-state index contributed by atoms with van der Waals surface area (Å²) in [5, 5.41) is 15.4. The van der Waals surface area contributed by atoms with E-state index in [0.717, 1.165) is 55.6 Å². The highest BCUT2D eigenvalue weighted by Crippen LogP contribution is 2.39. The average molecular weight is 740 g/mol. The van der Waals surface area contributed by atoms with Gasteiger partial charge in [-0.1, -0.05) is 146 Å². The lowest BCUT2D eigenvalue weighted by molar-refractivity contribution is 1.15. The van der Waals surface area contributed by atoms with Crippen LogP contribution in [0.5, 0.6) is 0 Å². The number of hydrogen-bond donors (Lipinski definition) is 0. The maximum atomic E-state index is 10.6. The zero-order valence-electron chi connectivity index (χ0n) is 31.3. The van der Waals surface area contributed by atoms with Gasteiger partial charge >= 0.3 is 0 Å². The summed E-state index contributed by atoms with van der Waals surface area (Å²) >= 11 is 0. The van der Waals surface area contributed by atoms with Gasteiger partial charge in [-0.2, -0.15) is 5.26 Å². The fourth-order valence-corrected chi connectivity index (χ4v) is 8.55. The molecule has 0 aliphatic carbocycles. The van der Waals surface area contributed by atoms with E-state index >= 15 is 0 Å². The topological polar surface area (TPSA) is 59.4 Å². The first-order valence-corrected chi connectivity index (χ1v) is 19.4. The second kappa shape index (κ2) is 13.6. The number of fused-ring (bicyclic) bond motifs is 6. The molecule has 58 heavy (non-hydrogen) atoms. The Bertz CT molecular complexity index is 3280. The van der Waals surface area contributed by atoms with E-state index in [1.165, 1.54) is 27.2 Å². The third-order valence-electron chi connectivity index (χ3n) is 11.2. The number of para-hydroxylation sites is 3. The van der Waals surface area contributed by atoms with E-state index in [2.05, 4.69) is 149 Å². The molecule has 5 heteroatoms. The van der Waals surface area contributed by atoms with Crippen molar-refractivity contribution in [3.63, 3.8) is 0 Å². The Labute approximate surface area is 335 Å². The number of hydrogen-bond acceptors (Lipinski definition) is 3. The Morgan fingerprint density at radius 1 is 0.345 bits per heavy atom. The fraction of sp³-hybridized carbons (Fsp3) is 0. The summed E-state index contributed by atoms with van der Waals surface area (Å²) in [5.74, 6) is 0.546. The molecule has 0 saturated carbocycles. The summed E-state index contributed by atoms with van der Waals surface area (Å²) in [7, 11) is 0. The van der Waals surface area contributed by atoms with Crippen molar-refractivity contribution < 1.29 is 0 Å². The smallest absolute Gasteiger partial charge is 0.160 e. The molecule has 0 N–H and O–H groups in total. The van der Waals surface area contributed by atoms with E-state index in [1.807, 2.05) is 66.7 Å². The van der Waals surface area contributed by atoms with Crippen LogP contribution in [0.25, 0.3) is 100 Å². The van der Waals surface area contributed by atoms with E-state index < -0.39 is 0 Å². The first-order chi connectivity index (χ1) is 28.7. The monoisotopic (exact) mass is 739 g/mol. The summed E-state index contributed by atoms with van der Waals surface area (Å²) < 4.78 is 4.73. The van der Waals surface area contributed by atoms with Gasteiger partial charge in [-0.15, -0.1) is 0 Å². The van der Waals surface area contributed by atoms with Crippen molar-refractivity contribution in [3.05, 3.63) is 206 Å². The maximum absolute atomic E-state index is 10.6. The van der Waals surface area contributed by atoms with Gasteiger partial charge in [-0.05, 0) is 65.7 Å². The second-order valence-electron chi connectivity index (χ2n) is 14.5. The van der Waals surface area contributed by atoms with E-state index in [9.17, 15) is 5.26 Å². The molecule has 0 aliphatic rings. The molecular formula is C53H33N5. The van der Waals surface area contributed by atoms with Crippen molar-refractivity contribution in [1.29, 1.82) is 5.26 Å². The van der Waals surface area contributed by atoms with Crippen LogP contribution in [-0.2, 0) is 0 Å². The molecule has 3 heterocycles. The Morgan fingerprint density at radius 3 is 1.31 bits per heavy atom. The number of nitrogens with zero attached hydrogens (tertiary/aromatic N) is 5. The molecule has 0 spiro atoms. The first-order valence-electron chi connectivity index (χ1n) is 19.4. The number of aromatic nitrogens is 4. The standard InChI is InChI=1S/C53H33N5/c54-34-46-51(36-18-6-2-7-19-36)55-53(56-52(46)37-20-8-3-9-21-37)39-30-38(35-16-4-1-5-17-35)31-41(32-39)58-49-27-15-12-24-44(49)45-33-40(28-29-50(45)58)57-47-25-13-10-22-42(47)43-23-11-14-26-48(43)57/h1-33H. The van der Waals surface area contributed by atoms with Gasteiger partial charge in [-0.25, -0.2) is 9.97 Å². The highest BCUT2D eigenvalue weighted by molar-refractivity contribution is 6.12. The van der Waals surface area contributed by atoms with Crippen LogP contribution >= 0.6 is 0 Å². The Hall–Kier alpha value is -8.07. The molecule has 5 nitrogen and oxygen atoms in total. The van der Waals surface area contributed by atoms with E-state index in [-0.39, 0.29) is 0 Å². The molecule has 0 unspecified atom stereocenters. The lowest BCUT2D eigenvalue weighted by Crippen LogP contribution is -2.02. The molecule has 3 aromatic heterocycles. The minimum absolute atomic E-state index is 0.446. The minimum atomic E-state index is 0.446. The highest BCUT2D eigenvalue weighted by Gasteiger charge is 2.21. The minimum Gasteiger partial charge on any atom is -0.309 e. The maximum Gasteiger partial charge on any atom is 0.160 e. The zero-order chi connectivity index (χ0) is 38.6. The zero-order valence-corrected chi connectivity index (χ0v) is 31.3. The summed E-state index contributed by atoms with van der Waals surface area (Å²) in [4.78, 5) is 10.4. The predicted molar refractivity (Wildman–Crippen MR) is 237 cm³/mol. The van der Waals surface area contributed by atoms with Crippen molar-refractivity contribution in [2.45, 2.75) is 0 Å². The van der Waals surface area contributed by atoms with Gasteiger partial charge in [0, 0.05) is 49.6 Å². The average Bonchev–Trinajstić information content (AvgIpc) is 3.82. The summed E-state index contributed by atoms with van der Waals surface area (Å²) in [6, 6.07) is 72.1. The van der Waals surface area contributed by atoms with E-state index in [4.69, 9.17) is 9.97 Å². The number of nitriles is 1. The van der Waals surface area contributed by atoms with Gasteiger partial charge in [0.05, 0.1) is 33.5 Å². The predicted octanol–water partition coefficient (Wildman–Crippen LogP) is 13.2. The summed E-state index contributed by atoms with van der Waals surface area (Å²) in [6.45, 7) is 0. The normalized spacial score (nSPS) is 11.4. The molecule has 270 valence electrons. The Morgan fingerprint density at radius 2 is 0.776 bits per heavy atom. The van der Waals surface area contributed by atoms with Gasteiger partial charge < -0.3 is 9.13 Å². The molecule has 8 aromatic carbocycles. The van der Waals surface area contributed by atoms with Crippen LogP contribution in [0.4, 0.5) is 0 Å². The number of benzene rings is 8. The van der Waals surface area contributed by atoms with E-state index in [0.29, 0.717) is 22.8 Å². The molecule has 0 amide bonds. The van der Waals surface area contributed by atoms with Gasteiger partial charge in [0.25, 0.3) is 0 Å². The van der Waals surface area contributed by atoms with Gasteiger partial charge in [0.15, 0.2) is 5.82 Å². The lowest BCUT2D eigenvalue weighted by Gasteiger charge is -2.16. The largest absolute Gasteiger partial charge is 0.309 e. The summed E-state index contributed by atoms with van der Waals surface area (Å²) in [5.41, 5.74) is 13.0. The molecule has 0 atom stereocenters. The van der Waals surface area contributed by atoms with Crippen molar-refractivity contribution in [3.8, 4) is 62.5 Å². The Kier molecular flexibility index (Phi) is 7.80. The molecule has 11 rings (SSSR count). The van der Waals surface area contributed by atoms with E-state index in [1.54, 1.807) is 0 Å². The fourth-order valence-electron chi connectivity index (χ4n) is 8.55. The van der Waals surface area contributed by atoms with Crippen molar-refractivity contribution >= 4 is 43.6 Å². The second-order valence-corrected chi connectivity index (χ2v) is 14.5. The summed E-state index contributed by atoms with van der Waals surface area (Å²) in [6.07, 6.45) is 0. The van der Waals surface area contributed by atoms with Crippen LogP contribution in [0.3, 0.4) is 0 Å². The van der Waals surface area contributed by atoms with Gasteiger partial charge in [0.2, 0.25) is 0 Å². The number of rotatable bonds is 6. The third kappa shape index (κ3) is 5.39. The quantitative estimate of drug-likeness (QED) is 0.171. The molecule has 0 aliphatic heterocycles. The molecular weight excluding hydrogens is 707 g/mol. The highest BCUT2D eigenvalue weighted by atomic mass is 15.0. The molecule has 0 radical (unpaired) electrons. The van der Waals surface area contributed by atoms with Crippen molar-refractivity contribution in [2.24, 2.45) is 0 Å². The van der Waals surface area contributed by atoms with Crippen molar-refractivity contribution in [2.75, 3.05) is 0 Å². The Balaban J connectivity index is 1.17. The van der Waals surface area contributed by atoms with Crippen LogP contribution in [0, 0.1) is 11.3 Å². The molecule has 0 bridgehead atoms. The molecule has 0 fully saturated rings. The van der Waals surface area contributed by atoms with Crippen LogP contribution in [0.15, 0.2) is 200 Å². The van der Waals surface area contributed by atoms with Crippen molar-refractivity contribution in [1.82, 2.24) is 19.1 Å². The van der Waals surface area contributed by atoms with Crippen LogP contribution in [-0.4, -0.2) is 19.1 Å². The van der Waals surface area contributed by atoms with Gasteiger partial charge in [-0.3, -0.25) is 0 Å².